The topological polar surface area (TPSA) is 133 Å². The number of hydrogen-bond donors (Lipinski definition) is 3. The number of fused-ring (bicyclic) bond motifs is 2. The summed E-state index contributed by atoms with van der Waals surface area (Å²) in [6, 6.07) is 8.18. The maximum Gasteiger partial charge on any atom is 0.341 e. The number of nitrogens with one attached hydrogen (secondary N) is 1. The number of methoxy groups -OCH3 is 1. The smallest absolute Gasteiger partial charge is 0.341 e. The van der Waals surface area contributed by atoms with Gasteiger partial charge >= 0.3 is 5.97 Å². The number of carboxylic acid groups (broad SMARTS) is 1. The van der Waals surface area contributed by atoms with Crippen LogP contribution in [0.15, 0.2) is 30.5 Å². The van der Waals surface area contributed by atoms with E-state index in [0.29, 0.717) is 35.5 Å². The van der Waals surface area contributed by atoms with Gasteiger partial charge in [-0.05, 0) is 58.5 Å². The maximum absolute atomic E-state index is 12.2. The van der Waals surface area contributed by atoms with E-state index >= 15 is 0 Å². The average molecular weight is 531 g/mol. The van der Waals surface area contributed by atoms with Crippen molar-refractivity contribution >= 4 is 40.5 Å². The molecule has 2 aliphatic heterocycles. The number of carboxylic acids is 1. The van der Waals surface area contributed by atoms with Crippen molar-refractivity contribution in [2.75, 3.05) is 61.7 Å². The lowest BCUT2D eigenvalue weighted by atomic mass is 10.0. The molecule has 0 bridgehead atoms. The van der Waals surface area contributed by atoms with Gasteiger partial charge in [-0.15, -0.1) is 0 Å². The summed E-state index contributed by atoms with van der Waals surface area (Å²) >= 11 is 0. The molecule has 1 spiro atoms. The molecule has 6 rings (SSSR count). The zero-order chi connectivity index (χ0) is 27.5. The van der Waals surface area contributed by atoms with Crippen LogP contribution >= 0.6 is 0 Å². The summed E-state index contributed by atoms with van der Waals surface area (Å²) in [6.07, 6.45) is 4.47. The van der Waals surface area contributed by atoms with Gasteiger partial charge in [0.15, 0.2) is 5.82 Å². The molecule has 1 atom stereocenters. The minimum absolute atomic E-state index is 0.0374. The van der Waals surface area contributed by atoms with E-state index in [1.807, 2.05) is 36.1 Å². The summed E-state index contributed by atoms with van der Waals surface area (Å²) in [5.74, 6) is 0.115. The third-order valence-electron chi connectivity index (χ3n) is 8.20. The van der Waals surface area contributed by atoms with Crippen LogP contribution in [0.5, 0.6) is 5.75 Å². The predicted octanol–water partition coefficient (Wildman–Crippen LogP) is 3.54. The Morgan fingerprint density at radius 2 is 2.03 bits per heavy atom. The van der Waals surface area contributed by atoms with Crippen LogP contribution in [0.25, 0.3) is 0 Å². The van der Waals surface area contributed by atoms with Gasteiger partial charge in [-0.2, -0.15) is 4.98 Å². The molecule has 3 aromatic rings. The average Bonchev–Trinajstić information content (AvgIpc) is 3.39. The molecule has 0 radical (unpaired) electrons. The second-order valence-electron chi connectivity index (χ2n) is 11.0. The molecule has 4 N–H and O–H groups in total. The zero-order valence-electron chi connectivity index (χ0n) is 22.7. The summed E-state index contributed by atoms with van der Waals surface area (Å²) in [5, 5.41) is 13.2. The number of carbonyl (C=O) groups is 1. The quantitative estimate of drug-likeness (QED) is 0.387. The summed E-state index contributed by atoms with van der Waals surface area (Å²) in [6.45, 7) is 4.43. The van der Waals surface area contributed by atoms with Crippen LogP contribution in [0.4, 0.5) is 34.5 Å². The number of ether oxygens (including phenoxy) is 1. The number of pyridine rings is 1. The first-order valence-electron chi connectivity index (χ1n) is 13.2. The first-order valence-corrected chi connectivity index (χ1v) is 13.2. The van der Waals surface area contributed by atoms with Crippen molar-refractivity contribution in [3.63, 3.8) is 0 Å². The van der Waals surface area contributed by atoms with Gasteiger partial charge in [-0.25, -0.2) is 9.78 Å². The second-order valence-corrected chi connectivity index (χ2v) is 11.0. The van der Waals surface area contributed by atoms with E-state index in [4.69, 9.17) is 20.4 Å². The van der Waals surface area contributed by atoms with Crippen molar-refractivity contribution in [3.05, 3.63) is 47.4 Å². The van der Waals surface area contributed by atoms with E-state index < -0.39 is 5.97 Å². The van der Waals surface area contributed by atoms with E-state index in [-0.39, 0.29) is 16.9 Å². The first-order chi connectivity index (χ1) is 18.7. The Labute approximate surface area is 227 Å². The Morgan fingerprint density at radius 1 is 1.23 bits per heavy atom. The number of benzene rings is 1. The third-order valence-corrected chi connectivity index (χ3v) is 8.20. The highest BCUT2D eigenvalue weighted by Crippen LogP contribution is 2.57. The van der Waals surface area contributed by atoms with E-state index in [1.54, 1.807) is 7.11 Å². The molecular weight excluding hydrogens is 496 g/mol. The second kappa shape index (κ2) is 9.26. The fourth-order valence-corrected chi connectivity index (χ4v) is 5.77. The normalized spacial score (nSPS) is 19.1. The molecular formula is C28H34N8O3. The molecule has 11 heteroatoms. The Kier molecular flexibility index (Phi) is 5.98. The molecule has 2 fully saturated rings. The van der Waals surface area contributed by atoms with Gasteiger partial charge in [-0.1, -0.05) is 0 Å². The van der Waals surface area contributed by atoms with Crippen LogP contribution in [-0.2, 0) is 5.41 Å². The minimum atomic E-state index is -1.08. The summed E-state index contributed by atoms with van der Waals surface area (Å²) in [5.41, 5.74) is 11.5. The van der Waals surface area contributed by atoms with Gasteiger partial charge in [0.05, 0.1) is 35.6 Å². The number of hydrogen-bond acceptors (Lipinski definition) is 10. The highest BCUT2D eigenvalue weighted by atomic mass is 16.5. The van der Waals surface area contributed by atoms with E-state index in [0.717, 1.165) is 55.1 Å². The molecule has 204 valence electrons. The number of likely N-dealkylation sites (N-methyl/N-ethyl adjacent to an activating group) is 1. The summed E-state index contributed by atoms with van der Waals surface area (Å²) in [7, 11) is 5.80. The summed E-state index contributed by atoms with van der Waals surface area (Å²) < 4.78 is 5.71. The van der Waals surface area contributed by atoms with E-state index in [1.165, 1.54) is 6.20 Å². The lowest BCUT2D eigenvalue weighted by molar-refractivity contribution is 0.0697. The van der Waals surface area contributed by atoms with Crippen molar-refractivity contribution in [2.45, 2.75) is 37.6 Å². The number of aromatic nitrogens is 3. The minimum Gasteiger partial charge on any atom is -0.494 e. The molecule has 3 aliphatic rings. The monoisotopic (exact) mass is 530 g/mol. The predicted molar refractivity (Wildman–Crippen MR) is 151 cm³/mol. The van der Waals surface area contributed by atoms with Crippen LogP contribution in [0.2, 0.25) is 0 Å². The van der Waals surface area contributed by atoms with Crippen molar-refractivity contribution < 1.29 is 14.6 Å². The van der Waals surface area contributed by atoms with Gasteiger partial charge in [0.25, 0.3) is 0 Å². The van der Waals surface area contributed by atoms with E-state index in [9.17, 15) is 9.90 Å². The summed E-state index contributed by atoms with van der Waals surface area (Å²) in [4.78, 5) is 32.5. The van der Waals surface area contributed by atoms with Crippen molar-refractivity contribution in [1.29, 1.82) is 0 Å². The number of rotatable bonds is 7. The Hall–Kier alpha value is -4.12. The van der Waals surface area contributed by atoms with Gasteiger partial charge in [0, 0.05) is 49.0 Å². The van der Waals surface area contributed by atoms with Crippen LogP contribution in [0.3, 0.4) is 0 Å². The number of anilines is 6. The van der Waals surface area contributed by atoms with Crippen LogP contribution in [0.1, 0.15) is 41.0 Å². The van der Waals surface area contributed by atoms with Crippen molar-refractivity contribution in [3.8, 4) is 5.75 Å². The van der Waals surface area contributed by atoms with Gasteiger partial charge in [-0.3, -0.25) is 4.98 Å². The standard InChI is InChI=1S/C28H34N8O3/c1-16-5-6-21-24(31-16)28(8-9-28)15-36(21)25-18(26(37)38)13-30-27(33-25)32-20-11-19(29)22(12-23(20)39-4)35-10-7-17(14-35)34(2)3/h5-6,11-13,17H,7-10,14-15,29H2,1-4H3,(H,37,38)(H,30,32,33)/t17-/m1/s1. The van der Waals surface area contributed by atoms with Crippen LogP contribution < -0.4 is 25.6 Å². The molecule has 39 heavy (non-hydrogen) atoms. The molecule has 0 amide bonds. The Balaban J connectivity index is 1.33. The maximum atomic E-state index is 12.2. The first kappa shape index (κ1) is 25.2. The fourth-order valence-electron chi connectivity index (χ4n) is 5.77. The van der Waals surface area contributed by atoms with Crippen LogP contribution in [0, 0.1) is 6.92 Å². The highest BCUT2D eigenvalue weighted by Gasteiger charge is 2.54. The molecule has 1 aromatic carbocycles. The SMILES string of the molecule is COc1cc(N2CC[C@@H](N(C)C)C2)c(N)cc1Nc1ncc(C(=O)O)c(N2CC3(CC3)c3nc(C)ccc32)n1. The number of nitrogen functional groups attached to an aromatic ring is 1. The van der Waals surface area contributed by atoms with Gasteiger partial charge < -0.3 is 35.6 Å². The van der Waals surface area contributed by atoms with Crippen molar-refractivity contribution in [1.82, 2.24) is 19.9 Å². The lowest BCUT2D eigenvalue weighted by Crippen LogP contribution is -2.31. The van der Waals surface area contributed by atoms with Gasteiger partial charge in [0.2, 0.25) is 5.95 Å². The molecule has 4 heterocycles. The zero-order valence-corrected chi connectivity index (χ0v) is 22.7. The molecule has 2 aromatic heterocycles. The molecule has 0 unspecified atom stereocenters. The number of nitrogens with two attached hydrogens (primary N) is 1. The molecule has 11 nitrogen and oxygen atoms in total. The Bertz CT molecular complexity index is 1450. The molecule has 1 aliphatic carbocycles. The number of nitrogens with zero attached hydrogens (tertiary/aromatic N) is 6. The molecule has 1 saturated heterocycles. The molecule has 1 saturated carbocycles. The van der Waals surface area contributed by atoms with Gasteiger partial charge in [0.1, 0.15) is 11.3 Å². The third kappa shape index (κ3) is 4.36. The Morgan fingerprint density at radius 3 is 2.69 bits per heavy atom. The highest BCUT2D eigenvalue weighted by molar-refractivity contribution is 5.95. The fraction of sp³-hybridized carbons (Fsp3) is 0.429. The number of aryl methyl sites for hydroxylation is 1. The lowest BCUT2D eigenvalue weighted by Gasteiger charge is -2.24. The van der Waals surface area contributed by atoms with Crippen molar-refractivity contribution in [2.24, 2.45) is 0 Å². The van der Waals surface area contributed by atoms with Crippen LogP contribution in [-0.4, -0.2) is 77.8 Å². The number of aromatic carboxylic acids is 1. The largest absolute Gasteiger partial charge is 0.494 e. The van der Waals surface area contributed by atoms with E-state index in [2.05, 4.69) is 34.2 Å².